The molecule has 336 valence electrons. The molecule has 0 spiro atoms. The largest absolute Gasteiger partial charge is 0.508 e. The highest BCUT2D eigenvalue weighted by molar-refractivity contribution is 5.97. The molecular formula is C37H54N10O14. The Morgan fingerprint density at radius 2 is 1.00 bits per heavy atom. The molecular weight excluding hydrogens is 808 g/mol. The van der Waals surface area contributed by atoms with Gasteiger partial charge in [-0.25, -0.2) is 4.79 Å². The van der Waals surface area contributed by atoms with Gasteiger partial charge in [0, 0.05) is 19.4 Å². The van der Waals surface area contributed by atoms with Gasteiger partial charge in [0.25, 0.3) is 0 Å². The number of guanidine groups is 1. The molecule has 8 atom stereocenters. The summed E-state index contributed by atoms with van der Waals surface area (Å²) in [5.74, 6) is -8.42. The Bertz CT molecular complexity index is 1830. The molecule has 0 aliphatic rings. The number of hydrogen-bond acceptors (Lipinski definition) is 15. The standard InChI is InChI=1S/C37H54N10O14/c1-18(51)29(47-30(54)23(38)15-48)35(59)45-27(16-49)34(58)44-25(13-19-4-8-21(52)9-5-19)32(56)42-24(3-2-12-41-37(39)40)31(55)43-26(14-20-6-10-22(53)11-7-20)33(57)46-28(17-50)36(60)61/h4-11,18,23-29,48-53H,2-3,12-17,38H2,1H3,(H,42,56)(H,43,55)(H,44,58)(H,45,59)(H,46,57)(H,47,54)(H,60,61)(H4,39,40,41)/t18-,23+,24+,25+,26+,27+,28+,29+/m1/s1. The third kappa shape index (κ3) is 17.3. The Balaban J connectivity index is 2.47. The van der Waals surface area contributed by atoms with Crippen molar-refractivity contribution in [3.8, 4) is 11.5 Å². The van der Waals surface area contributed by atoms with Crippen molar-refractivity contribution in [3.63, 3.8) is 0 Å². The van der Waals surface area contributed by atoms with Crippen molar-refractivity contribution in [1.82, 2.24) is 31.9 Å². The van der Waals surface area contributed by atoms with Crippen molar-refractivity contribution in [2.75, 3.05) is 26.4 Å². The van der Waals surface area contributed by atoms with Crippen LogP contribution in [0.3, 0.4) is 0 Å². The van der Waals surface area contributed by atoms with Crippen molar-refractivity contribution in [3.05, 3.63) is 59.7 Å². The lowest BCUT2D eigenvalue weighted by molar-refractivity contribution is -0.143. The number of phenolic OH excluding ortho intramolecular Hbond substituents is 2. The minimum atomic E-state index is -1.79. The second-order valence-electron chi connectivity index (χ2n) is 13.7. The summed E-state index contributed by atoms with van der Waals surface area (Å²) in [6.07, 6.45) is -2.24. The summed E-state index contributed by atoms with van der Waals surface area (Å²) in [6.45, 7) is -1.73. The Hall–Kier alpha value is -6.60. The summed E-state index contributed by atoms with van der Waals surface area (Å²) in [6, 6.07) is -0.404. The van der Waals surface area contributed by atoms with Gasteiger partial charge in [-0.3, -0.25) is 33.8 Å². The number of carboxylic acids is 1. The fourth-order valence-electron chi connectivity index (χ4n) is 5.41. The molecule has 0 aliphatic carbocycles. The molecule has 2 aromatic carbocycles. The van der Waals surface area contributed by atoms with Gasteiger partial charge >= 0.3 is 5.97 Å². The van der Waals surface area contributed by atoms with Crippen LogP contribution < -0.4 is 49.1 Å². The molecule has 6 amide bonds. The summed E-state index contributed by atoms with van der Waals surface area (Å²) in [7, 11) is 0. The van der Waals surface area contributed by atoms with Crippen LogP contribution in [0.1, 0.15) is 30.9 Å². The van der Waals surface area contributed by atoms with Crippen LogP contribution in [-0.4, -0.2) is 158 Å². The number of nitrogens with two attached hydrogens (primary N) is 3. The first kappa shape index (κ1) is 50.5. The van der Waals surface area contributed by atoms with Crippen LogP contribution in [-0.2, 0) is 46.4 Å². The predicted molar refractivity (Wildman–Crippen MR) is 214 cm³/mol. The first-order valence-electron chi connectivity index (χ1n) is 18.7. The van der Waals surface area contributed by atoms with Crippen molar-refractivity contribution in [1.29, 1.82) is 0 Å². The minimum absolute atomic E-state index is 0.0262. The van der Waals surface area contributed by atoms with E-state index in [0.717, 1.165) is 6.92 Å². The number of nitrogens with one attached hydrogen (secondary N) is 6. The topological polar surface area (TPSA) is 424 Å². The maximum Gasteiger partial charge on any atom is 0.328 e. The van der Waals surface area contributed by atoms with E-state index in [1.807, 2.05) is 0 Å². The Morgan fingerprint density at radius 3 is 1.41 bits per heavy atom. The van der Waals surface area contributed by atoms with E-state index in [9.17, 15) is 64.2 Å². The maximum absolute atomic E-state index is 14.1. The molecule has 0 unspecified atom stereocenters. The Kier molecular flexibility index (Phi) is 20.8. The van der Waals surface area contributed by atoms with Crippen LogP contribution in [0.2, 0.25) is 0 Å². The van der Waals surface area contributed by atoms with E-state index in [0.29, 0.717) is 11.1 Å². The average molecular weight is 863 g/mol. The lowest BCUT2D eigenvalue weighted by Crippen LogP contribution is -2.62. The van der Waals surface area contributed by atoms with Gasteiger partial charge in [-0.1, -0.05) is 24.3 Å². The zero-order valence-electron chi connectivity index (χ0n) is 33.1. The second-order valence-corrected chi connectivity index (χ2v) is 13.7. The smallest absolute Gasteiger partial charge is 0.328 e. The summed E-state index contributed by atoms with van der Waals surface area (Å²) in [5, 5.41) is 81.7. The minimum Gasteiger partial charge on any atom is -0.508 e. The second kappa shape index (κ2) is 25.1. The number of nitrogens with zero attached hydrogens (tertiary/aromatic N) is 1. The molecule has 0 aliphatic heterocycles. The zero-order chi connectivity index (χ0) is 45.8. The number of rotatable bonds is 25. The number of aliphatic carboxylic acids is 1. The summed E-state index contributed by atoms with van der Waals surface area (Å²) in [4.78, 5) is 95.7. The van der Waals surface area contributed by atoms with Crippen molar-refractivity contribution in [2.45, 2.75) is 81.0 Å². The highest BCUT2D eigenvalue weighted by Crippen LogP contribution is 2.14. The summed E-state index contributed by atoms with van der Waals surface area (Å²) < 4.78 is 0. The van der Waals surface area contributed by atoms with Gasteiger partial charge in [0.2, 0.25) is 35.4 Å². The van der Waals surface area contributed by atoms with Crippen LogP contribution in [0.4, 0.5) is 0 Å². The maximum atomic E-state index is 14.1. The highest BCUT2D eigenvalue weighted by atomic mass is 16.4. The highest BCUT2D eigenvalue weighted by Gasteiger charge is 2.34. The molecule has 0 bridgehead atoms. The van der Waals surface area contributed by atoms with Gasteiger partial charge in [0.1, 0.15) is 53.8 Å². The van der Waals surface area contributed by atoms with Crippen molar-refractivity contribution >= 4 is 47.4 Å². The lowest BCUT2D eigenvalue weighted by Gasteiger charge is -2.27. The van der Waals surface area contributed by atoms with Crippen LogP contribution in [0.5, 0.6) is 11.5 Å². The SMILES string of the molecule is C[C@@H](O)[C@H](NC(=O)[C@@H](N)CO)C(=O)N[C@@H](CO)C(=O)N[C@@H](Cc1ccc(O)cc1)C(=O)N[C@@H](CCCN=C(N)N)C(=O)N[C@@H](Cc1ccc(O)cc1)C(=O)N[C@@H](CO)C(=O)O. The molecule has 61 heavy (non-hydrogen) atoms. The number of amides is 6. The number of hydrogen-bond donors (Lipinski definition) is 16. The summed E-state index contributed by atoms with van der Waals surface area (Å²) in [5.41, 5.74) is 17.1. The van der Waals surface area contributed by atoms with E-state index in [1.54, 1.807) is 0 Å². The number of carbonyl (C=O) groups is 7. The van der Waals surface area contributed by atoms with E-state index >= 15 is 0 Å². The van der Waals surface area contributed by atoms with Crippen LogP contribution >= 0.6 is 0 Å². The first-order valence-corrected chi connectivity index (χ1v) is 18.7. The number of aromatic hydroxyl groups is 2. The predicted octanol–water partition coefficient (Wildman–Crippen LogP) is -6.39. The van der Waals surface area contributed by atoms with E-state index in [1.165, 1.54) is 48.5 Å². The monoisotopic (exact) mass is 862 g/mol. The molecule has 0 heterocycles. The molecule has 24 nitrogen and oxygen atoms in total. The van der Waals surface area contributed by atoms with Crippen LogP contribution in [0.25, 0.3) is 0 Å². The lowest BCUT2D eigenvalue weighted by atomic mass is 10.0. The number of phenols is 2. The Morgan fingerprint density at radius 1 is 0.590 bits per heavy atom. The van der Waals surface area contributed by atoms with Crippen molar-refractivity contribution < 1.29 is 69.3 Å². The van der Waals surface area contributed by atoms with E-state index in [4.69, 9.17) is 22.3 Å². The summed E-state index contributed by atoms with van der Waals surface area (Å²) >= 11 is 0. The van der Waals surface area contributed by atoms with Gasteiger partial charge in [-0.2, -0.15) is 0 Å². The molecule has 0 saturated carbocycles. The molecule has 19 N–H and O–H groups in total. The van der Waals surface area contributed by atoms with Crippen LogP contribution in [0, 0.1) is 0 Å². The quantitative estimate of drug-likeness (QED) is 0.0251. The van der Waals surface area contributed by atoms with Crippen LogP contribution in [0.15, 0.2) is 53.5 Å². The molecule has 2 aromatic rings. The fraction of sp³-hybridized carbons (Fsp3) is 0.459. The van der Waals surface area contributed by atoms with E-state index < -0.39 is 110 Å². The molecule has 0 fully saturated rings. The number of aliphatic imine (C=N–C) groups is 1. The number of aliphatic hydroxyl groups is 4. The van der Waals surface area contributed by atoms with Gasteiger partial charge in [-0.15, -0.1) is 0 Å². The third-order valence-electron chi connectivity index (χ3n) is 8.81. The molecule has 24 heteroatoms. The normalized spacial score (nSPS) is 14.9. The third-order valence-corrected chi connectivity index (χ3v) is 8.81. The first-order chi connectivity index (χ1) is 28.8. The van der Waals surface area contributed by atoms with Crippen molar-refractivity contribution in [2.24, 2.45) is 22.2 Å². The Labute approximate surface area is 349 Å². The van der Waals surface area contributed by atoms with Gasteiger partial charge < -0.3 is 84.8 Å². The number of carboxylic acid groups (broad SMARTS) is 1. The zero-order valence-corrected chi connectivity index (χ0v) is 33.1. The van der Waals surface area contributed by atoms with Gasteiger partial charge in [0.15, 0.2) is 5.96 Å². The van der Waals surface area contributed by atoms with E-state index in [-0.39, 0.29) is 49.7 Å². The van der Waals surface area contributed by atoms with Gasteiger partial charge in [0.05, 0.1) is 25.9 Å². The number of aliphatic hydroxyl groups excluding tert-OH is 4. The average Bonchev–Trinajstić information content (AvgIpc) is 3.21. The molecule has 2 rings (SSSR count). The number of carbonyl (C=O) groups excluding carboxylic acids is 6. The molecule has 0 saturated heterocycles. The van der Waals surface area contributed by atoms with Gasteiger partial charge in [-0.05, 0) is 55.2 Å². The molecule has 0 radical (unpaired) electrons. The van der Waals surface area contributed by atoms with E-state index in [2.05, 4.69) is 36.9 Å². The fourth-order valence-corrected chi connectivity index (χ4v) is 5.41. The number of benzene rings is 2. The molecule has 0 aromatic heterocycles.